The number of benzene rings is 1. The maximum atomic E-state index is 11.7. The maximum Gasteiger partial charge on any atom is 0.327 e. The van der Waals surface area contributed by atoms with Crippen LogP contribution in [0.25, 0.3) is 0 Å². The highest BCUT2D eigenvalue weighted by atomic mass is 32.2. The van der Waals surface area contributed by atoms with Gasteiger partial charge in [-0.1, -0.05) is 0 Å². The minimum atomic E-state index is -0.964. The smallest absolute Gasteiger partial charge is 0.327 e. The molecule has 2 rings (SSSR count). The molecule has 25 heavy (non-hydrogen) atoms. The topological polar surface area (TPSA) is 110 Å². The zero-order valence-corrected chi connectivity index (χ0v) is 14.2. The van der Waals surface area contributed by atoms with Crippen LogP contribution < -0.4 is 20.9 Å². The van der Waals surface area contributed by atoms with Gasteiger partial charge in [0.1, 0.15) is 11.5 Å². The number of carbonyl (C=O) groups excluding carboxylic acids is 3. The van der Waals surface area contributed by atoms with Crippen LogP contribution in [-0.2, 0) is 20.9 Å². The zero-order chi connectivity index (χ0) is 18.1. The van der Waals surface area contributed by atoms with Crippen molar-refractivity contribution in [1.82, 2.24) is 16.2 Å². The van der Waals surface area contributed by atoms with Gasteiger partial charge in [0.2, 0.25) is 5.91 Å². The van der Waals surface area contributed by atoms with Crippen molar-refractivity contribution in [2.24, 2.45) is 0 Å². The monoisotopic (exact) mass is 363 g/mol. The van der Waals surface area contributed by atoms with Crippen LogP contribution in [0.3, 0.4) is 0 Å². The molecule has 0 atom stereocenters. The number of amides is 3. The molecule has 3 N–H and O–H groups in total. The van der Waals surface area contributed by atoms with Crippen LogP contribution >= 0.6 is 11.8 Å². The summed E-state index contributed by atoms with van der Waals surface area (Å²) in [6.45, 7) is 0.0839. The predicted octanol–water partition coefficient (Wildman–Crippen LogP) is 0.844. The normalized spacial score (nSPS) is 9.96. The number of hydrazine groups is 1. The number of thioether (sulfide) groups is 1. The lowest BCUT2D eigenvalue weighted by Gasteiger charge is -2.07. The van der Waals surface area contributed by atoms with E-state index in [1.165, 1.54) is 18.0 Å². The second-order valence-electron chi connectivity index (χ2n) is 4.73. The van der Waals surface area contributed by atoms with Crippen molar-refractivity contribution in [3.8, 4) is 5.75 Å². The van der Waals surface area contributed by atoms with E-state index in [0.29, 0.717) is 5.76 Å². The molecule has 3 amide bonds. The summed E-state index contributed by atoms with van der Waals surface area (Å²) in [6, 6.07) is 10.5. The number of furan rings is 1. The molecule has 0 spiro atoms. The van der Waals surface area contributed by atoms with E-state index in [1.54, 1.807) is 31.4 Å². The summed E-state index contributed by atoms with van der Waals surface area (Å²) in [7, 11) is 1.57. The fraction of sp³-hybridized carbons (Fsp3) is 0.188. The first-order chi connectivity index (χ1) is 12.1. The second kappa shape index (κ2) is 9.38. The van der Waals surface area contributed by atoms with Crippen molar-refractivity contribution >= 4 is 29.5 Å². The van der Waals surface area contributed by atoms with Crippen molar-refractivity contribution < 1.29 is 23.5 Å². The Morgan fingerprint density at radius 3 is 2.48 bits per heavy atom. The number of hydrogen-bond donors (Lipinski definition) is 3. The summed E-state index contributed by atoms with van der Waals surface area (Å²) in [5.41, 5.74) is 4.23. The van der Waals surface area contributed by atoms with Crippen LogP contribution in [0.2, 0.25) is 0 Å². The molecular formula is C16H17N3O5S. The Labute approximate surface area is 148 Å². The van der Waals surface area contributed by atoms with Crippen LogP contribution in [0.15, 0.2) is 52.0 Å². The fourth-order valence-corrected chi connectivity index (χ4v) is 2.40. The summed E-state index contributed by atoms with van der Waals surface area (Å²) >= 11 is 1.28. The Kier molecular flexibility index (Phi) is 6.90. The summed E-state index contributed by atoms with van der Waals surface area (Å²) in [5, 5.41) is 2.36. The molecule has 1 heterocycles. The van der Waals surface area contributed by atoms with E-state index in [2.05, 4.69) is 16.2 Å². The Balaban J connectivity index is 1.66. The molecular weight excluding hydrogens is 346 g/mol. The molecule has 0 saturated heterocycles. The van der Waals surface area contributed by atoms with Gasteiger partial charge in [-0.25, -0.2) is 0 Å². The second-order valence-corrected chi connectivity index (χ2v) is 5.78. The standard InChI is InChI=1S/C16H17N3O5S/c1-23-11-4-6-13(7-5-11)25-10-14(20)18-19-16(22)15(21)17-9-12-3-2-8-24-12/h2-8H,9-10H2,1H3,(H,17,21)(H,18,20)(H,19,22). The SMILES string of the molecule is COc1ccc(SCC(=O)NNC(=O)C(=O)NCc2ccco2)cc1. The molecule has 1 aromatic carbocycles. The largest absolute Gasteiger partial charge is 0.497 e. The quantitative estimate of drug-likeness (QED) is 0.399. The third kappa shape index (κ3) is 6.22. The van der Waals surface area contributed by atoms with Crippen molar-refractivity contribution in [1.29, 1.82) is 0 Å². The molecule has 1 aromatic heterocycles. The lowest BCUT2D eigenvalue weighted by Crippen LogP contribution is -2.48. The highest BCUT2D eigenvalue weighted by Gasteiger charge is 2.14. The van der Waals surface area contributed by atoms with Gasteiger partial charge in [0.05, 0.1) is 25.7 Å². The Hall–Kier alpha value is -2.94. The van der Waals surface area contributed by atoms with Gasteiger partial charge in [0, 0.05) is 4.90 Å². The van der Waals surface area contributed by atoms with Gasteiger partial charge >= 0.3 is 11.8 Å². The zero-order valence-electron chi connectivity index (χ0n) is 13.4. The average molecular weight is 363 g/mol. The Morgan fingerprint density at radius 1 is 1.08 bits per heavy atom. The number of carbonyl (C=O) groups is 3. The predicted molar refractivity (Wildman–Crippen MR) is 90.6 cm³/mol. The van der Waals surface area contributed by atoms with Gasteiger partial charge in [-0.15, -0.1) is 11.8 Å². The highest BCUT2D eigenvalue weighted by Crippen LogP contribution is 2.20. The van der Waals surface area contributed by atoms with Crippen LogP contribution in [0.1, 0.15) is 5.76 Å². The fourth-order valence-electron chi connectivity index (χ4n) is 1.70. The van der Waals surface area contributed by atoms with E-state index < -0.39 is 17.7 Å². The van der Waals surface area contributed by atoms with E-state index in [9.17, 15) is 14.4 Å². The van der Waals surface area contributed by atoms with Gasteiger partial charge in [-0.2, -0.15) is 0 Å². The van der Waals surface area contributed by atoms with E-state index in [4.69, 9.17) is 9.15 Å². The van der Waals surface area contributed by atoms with Gasteiger partial charge in [0.25, 0.3) is 0 Å². The summed E-state index contributed by atoms with van der Waals surface area (Å²) < 4.78 is 10.1. The summed E-state index contributed by atoms with van der Waals surface area (Å²) in [5.74, 6) is -0.953. The van der Waals surface area contributed by atoms with Crippen molar-refractivity contribution in [2.45, 2.75) is 11.4 Å². The number of ether oxygens (including phenoxy) is 1. The van der Waals surface area contributed by atoms with Crippen LogP contribution in [0, 0.1) is 0 Å². The number of nitrogens with one attached hydrogen (secondary N) is 3. The lowest BCUT2D eigenvalue weighted by atomic mass is 10.3. The van der Waals surface area contributed by atoms with Gasteiger partial charge in [-0.3, -0.25) is 25.2 Å². The first-order valence-electron chi connectivity index (χ1n) is 7.24. The summed E-state index contributed by atoms with van der Waals surface area (Å²) in [4.78, 5) is 35.7. The minimum Gasteiger partial charge on any atom is -0.497 e. The third-order valence-corrected chi connectivity index (χ3v) is 3.97. The van der Waals surface area contributed by atoms with E-state index >= 15 is 0 Å². The molecule has 2 aromatic rings. The molecule has 0 unspecified atom stereocenters. The molecule has 0 aliphatic rings. The molecule has 0 fully saturated rings. The highest BCUT2D eigenvalue weighted by molar-refractivity contribution is 8.00. The van der Waals surface area contributed by atoms with Crippen LogP contribution in [0.5, 0.6) is 5.75 Å². The average Bonchev–Trinajstić information content (AvgIpc) is 3.16. The number of hydrogen-bond acceptors (Lipinski definition) is 6. The molecule has 0 aliphatic carbocycles. The first-order valence-corrected chi connectivity index (χ1v) is 8.23. The number of methoxy groups -OCH3 is 1. The van der Waals surface area contributed by atoms with E-state index in [-0.39, 0.29) is 12.3 Å². The molecule has 8 nitrogen and oxygen atoms in total. The van der Waals surface area contributed by atoms with Crippen LogP contribution in [0.4, 0.5) is 0 Å². The van der Waals surface area contributed by atoms with E-state index in [0.717, 1.165) is 10.6 Å². The van der Waals surface area contributed by atoms with Gasteiger partial charge in [0.15, 0.2) is 0 Å². The van der Waals surface area contributed by atoms with Gasteiger partial charge in [-0.05, 0) is 36.4 Å². The molecule has 0 radical (unpaired) electrons. The lowest BCUT2D eigenvalue weighted by molar-refractivity contribution is -0.140. The first kappa shape index (κ1) is 18.4. The van der Waals surface area contributed by atoms with Crippen molar-refractivity contribution in [3.05, 3.63) is 48.4 Å². The Bertz CT molecular complexity index is 716. The Morgan fingerprint density at radius 2 is 1.84 bits per heavy atom. The van der Waals surface area contributed by atoms with Gasteiger partial charge < -0.3 is 14.5 Å². The molecule has 0 bridgehead atoms. The number of rotatable bonds is 6. The maximum absolute atomic E-state index is 11.7. The summed E-state index contributed by atoms with van der Waals surface area (Å²) in [6.07, 6.45) is 1.46. The molecule has 9 heteroatoms. The molecule has 132 valence electrons. The minimum absolute atomic E-state index is 0.0839. The van der Waals surface area contributed by atoms with Crippen molar-refractivity contribution in [3.63, 3.8) is 0 Å². The van der Waals surface area contributed by atoms with Crippen LogP contribution in [-0.4, -0.2) is 30.6 Å². The molecule has 0 saturated carbocycles. The van der Waals surface area contributed by atoms with Crippen molar-refractivity contribution in [2.75, 3.05) is 12.9 Å². The third-order valence-electron chi connectivity index (χ3n) is 2.95. The molecule has 0 aliphatic heterocycles. The van der Waals surface area contributed by atoms with E-state index in [1.807, 2.05) is 12.1 Å².